The van der Waals surface area contributed by atoms with Gasteiger partial charge in [-0.05, 0) is 23.8 Å². The molecule has 0 radical (unpaired) electrons. The van der Waals surface area contributed by atoms with E-state index < -0.39 is 5.97 Å². The van der Waals surface area contributed by atoms with Gasteiger partial charge in [-0.3, -0.25) is 0 Å². The molecule has 0 saturated carbocycles. The van der Waals surface area contributed by atoms with Gasteiger partial charge >= 0.3 is 5.97 Å². The molecule has 0 fully saturated rings. The van der Waals surface area contributed by atoms with Crippen LogP contribution in [0, 0.1) is 0 Å². The number of carboxylic acid groups (broad SMARTS) is 1. The maximum absolute atomic E-state index is 11.0. The van der Waals surface area contributed by atoms with Gasteiger partial charge in [-0.15, -0.1) is 0 Å². The highest BCUT2D eigenvalue weighted by atomic mass is 35.5. The van der Waals surface area contributed by atoms with E-state index in [2.05, 4.69) is 9.97 Å². The summed E-state index contributed by atoms with van der Waals surface area (Å²) in [5, 5.41) is 9.26. The van der Waals surface area contributed by atoms with Crippen LogP contribution in [0.4, 0.5) is 5.82 Å². The summed E-state index contributed by atoms with van der Waals surface area (Å²) in [4.78, 5) is 20.9. The Labute approximate surface area is 115 Å². The molecule has 0 amide bonds. The fourth-order valence-electron chi connectivity index (χ4n) is 1.70. The quantitative estimate of drug-likeness (QED) is 0.930. The highest BCUT2D eigenvalue weighted by Gasteiger charge is 2.10. The molecule has 1 heterocycles. The third kappa shape index (κ3) is 3.20. The van der Waals surface area contributed by atoms with Crippen molar-refractivity contribution in [2.24, 2.45) is 0 Å². The van der Waals surface area contributed by atoms with Gasteiger partial charge in [0, 0.05) is 19.8 Å². The number of hydrogen-bond acceptors (Lipinski definition) is 4. The molecule has 0 unspecified atom stereocenters. The minimum absolute atomic E-state index is 0.107. The average molecular weight is 278 g/mol. The number of aromatic nitrogens is 2. The number of nitrogens with zero attached hydrogens (tertiary/aromatic N) is 3. The Balaban J connectivity index is 2.20. The van der Waals surface area contributed by atoms with Crippen molar-refractivity contribution in [3.8, 4) is 0 Å². The van der Waals surface area contributed by atoms with E-state index in [4.69, 9.17) is 16.7 Å². The van der Waals surface area contributed by atoms with E-state index in [1.165, 1.54) is 6.33 Å². The van der Waals surface area contributed by atoms with Crippen molar-refractivity contribution in [3.63, 3.8) is 0 Å². The average Bonchev–Trinajstić information content (AvgIpc) is 2.41. The molecule has 1 aromatic heterocycles. The second-order valence-electron chi connectivity index (χ2n) is 4.04. The standard InChI is InChI=1S/C13H12ClN3O2/c1-17(12-4-5-15-8-16-12)7-9-2-3-11(14)10(6-9)13(18)19/h2-6,8H,7H2,1H3,(H,18,19). The van der Waals surface area contributed by atoms with Gasteiger partial charge in [-0.2, -0.15) is 0 Å². The predicted molar refractivity (Wildman–Crippen MR) is 72.6 cm³/mol. The van der Waals surface area contributed by atoms with Crippen molar-refractivity contribution in [2.45, 2.75) is 6.54 Å². The molecule has 0 atom stereocenters. The van der Waals surface area contributed by atoms with Gasteiger partial charge in [0.05, 0.1) is 10.6 Å². The predicted octanol–water partition coefficient (Wildman–Crippen LogP) is 2.46. The number of carbonyl (C=O) groups is 1. The monoisotopic (exact) mass is 277 g/mol. The molecular weight excluding hydrogens is 266 g/mol. The third-order valence-electron chi connectivity index (χ3n) is 2.64. The van der Waals surface area contributed by atoms with Crippen LogP contribution in [0.3, 0.4) is 0 Å². The fraction of sp³-hybridized carbons (Fsp3) is 0.154. The van der Waals surface area contributed by atoms with E-state index in [1.807, 2.05) is 11.9 Å². The second kappa shape index (κ2) is 5.67. The normalized spacial score (nSPS) is 10.2. The van der Waals surface area contributed by atoms with E-state index in [1.54, 1.807) is 30.5 Å². The fourth-order valence-corrected chi connectivity index (χ4v) is 1.90. The van der Waals surface area contributed by atoms with Crippen LogP contribution in [0.25, 0.3) is 0 Å². The van der Waals surface area contributed by atoms with Gasteiger partial charge in [0.2, 0.25) is 0 Å². The number of aromatic carboxylic acids is 1. The molecule has 1 N–H and O–H groups in total. The summed E-state index contributed by atoms with van der Waals surface area (Å²) < 4.78 is 0. The Morgan fingerprint density at radius 3 is 2.84 bits per heavy atom. The van der Waals surface area contributed by atoms with Crippen molar-refractivity contribution in [1.82, 2.24) is 9.97 Å². The van der Waals surface area contributed by atoms with Gasteiger partial charge in [-0.25, -0.2) is 14.8 Å². The van der Waals surface area contributed by atoms with Crippen LogP contribution in [-0.4, -0.2) is 28.1 Å². The molecule has 98 valence electrons. The third-order valence-corrected chi connectivity index (χ3v) is 2.97. The molecule has 0 aliphatic rings. The Kier molecular flexibility index (Phi) is 3.97. The van der Waals surface area contributed by atoms with E-state index in [0.717, 1.165) is 11.4 Å². The van der Waals surface area contributed by atoms with Gasteiger partial charge in [0.1, 0.15) is 12.1 Å². The lowest BCUT2D eigenvalue weighted by atomic mass is 10.1. The maximum atomic E-state index is 11.0. The molecule has 1 aromatic carbocycles. The summed E-state index contributed by atoms with van der Waals surface area (Å²) in [6.07, 6.45) is 3.12. The molecule has 6 heteroatoms. The van der Waals surface area contributed by atoms with E-state index in [9.17, 15) is 4.79 Å². The largest absolute Gasteiger partial charge is 0.478 e. The summed E-state index contributed by atoms with van der Waals surface area (Å²) in [7, 11) is 1.87. The maximum Gasteiger partial charge on any atom is 0.337 e. The number of benzene rings is 1. The Hall–Kier alpha value is -2.14. The lowest BCUT2D eigenvalue weighted by Crippen LogP contribution is -2.18. The molecule has 2 aromatic rings. The van der Waals surface area contributed by atoms with Crippen molar-refractivity contribution in [1.29, 1.82) is 0 Å². The first-order chi connectivity index (χ1) is 9.08. The number of halogens is 1. The molecule has 0 saturated heterocycles. The first kappa shape index (κ1) is 13.3. The van der Waals surface area contributed by atoms with Crippen LogP contribution in [-0.2, 0) is 6.54 Å². The van der Waals surface area contributed by atoms with Gasteiger partial charge in [-0.1, -0.05) is 17.7 Å². The Morgan fingerprint density at radius 1 is 1.42 bits per heavy atom. The summed E-state index contributed by atoms with van der Waals surface area (Å²) in [5.41, 5.74) is 0.957. The summed E-state index contributed by atoms with van der Waals surface area (Å²) >= 11 is 5.83. The first-order valence-corrected chi connectivity index (χ1v) is 5.94. The smallest absolute Gasteiger partial charge is 0.337 e. The van der Waals surface area contributed by atoms with Crippen LogP contribution >= 0.6 is 11.6 Å². The molecular formula is C13H12ClN3O2. The molecule has 19 heavy (non-hydrogen) atoms. The molecule has 0 spiro atoms. The SMILES string of the molecule is CN(Cc1ccc(Cl)c(C(=O)O)c1)c1ccncn1. The van der Waals surface area contributed by atoms with Gasteiger partial charge < -0.3 is 10.0 Å². The van der Waals surface area contributed by atoms with Crippen LogP contribution < -0.4 is 4.90 Å². The van der Waals surface area contributed by atoms with Crippen molar-refractivity contribution in [3.05, 3.63) is 52.9 Å². The minimum atomic E-state index is -1.03. The second-order valence-corrected chi connectivity index (χ2v) is 4.45. The minimum Gasteiger partial charge on any atom is -0.478 e. The highest BCUT2D eigenvalue weighted by molar-refractivity contribution is 6.33. The number of carboxylic acids is 1. The van der Waals surface area contributed by atoms with Crippen LogP contribution in [0.1, 0.15) is 15.9 Å². The zero-order valence-electron chi connectivity index (χ0n) is 10.2. The molecule has 5 nitrogen and oxygen atoms in total. The molecule has 0 aliphatic heterocycles. The number of hydrogen-bond donors (Lipinski definition) is 1. The van der Waals surface area contributed by atoms with Crippen molar-refractivity contribution >= 4 is 23.4 Å². The summed E-state index contributed by atoms with van der Waals surface area (Å²) in [6, 6.07) is 6.75. The zero-order valence-corrected chi connectivity index (χ0v) is 11.0. The summed E-state index contributed by atoms with van der Waals surface area (Å²) in [6.45, 7) is 0.536. The van der Waals surface area contributed by atoms with Gasteiger partial charge in [0.25, 0.3) is 0 Å². The zero-order chi connectivity index (χ0) is 13.8. The number of rotatable bonds is 4. The van der Waals surface area contributed by atoms with E-state index in [-0.39, 0.29) is 10.6 Å². The van der Waals surface area contributed by atoms with Crippen molar-refractivity contribution < 1.29 is 9.90 Å². The van der Waals surface area contributed by atoms with Crippen molar-refractivity contribution in [2.75, 3.05) is 11.9 Å². The van der Waals surface area contributed by atoms with Gasteiger partial charge in [0.15, 0.2) is 0 Å². The van der Waals surface area contributed by atoms with Crippen LogP contribution in [0.2, 0.25) is 5.02 Å². The first-order valence-electron chi connectivity index (χ1n) is 5.57. The molecule has 2 rings (SSSR count). The molecule has 0 bridgehead atoms. The summed E-state index contributed by atoms with van der Waals surface area (Å²) in [5.74, 6) is -0.265. The molecule has 0 aliphatic carbocycles. The lowest BCUT2D eigenvalue weighted by Gasteiger charge is -2.18. The topological polar surface area (TPSA) is 66.3 Å². The van der Waals surface area contributed by atoms with Crippen LogP contribution in [0.5, 0.6) is 0 Å². The lowest BCUT2D eigenvalue weighted by molar-refractivity contribution is 0.0697. The van der Waals surface area contributed by atoms with E-state index >= 15 is 0 Å². The number of anilines is 1. The highest BCUT2D eigenvalue weighted by Crippen LogP contribution is 2.19. The Morgan fingerprint density at radius 2 is 2.21 bits per heavy atom. The Bertz CT molecular complexity index is 590. The van der Waals surface area contributed by atoms with E-state index in [0.29, 0.717) is 6.54 Å². The van der Waals surface area contributed by atoms with Crippen LogP contribution in [0.15, 0.2) is 36.8 Å².